The highest BCUT2D eigenvalue weighted by atomic mass is 15.0. The van der Waals surface area contributed by atoms with E-state index in [4.69, 9.17) is 0 Å². The van der Waals surface area contributed by atoms with Crippen LogP contribution in [0.4, 0.5) is 0 Å². The topological polar surface area (TPSA) is 28.7 Å². The lowest BCUT2D eigenvalue weighted by atomic mass is 9.75. The standard InChI is InChI=1S/C11H18N2/c1-7(2)8-5-11(3,4)10-12-6-9(8)13-10/h6-8H,5H2,1-4H3,(H,12,13). The molecule has 0 spiro atoms. The molecule has 2 heterocycles. The van der Waals surface area contributed by atoms with Crippen LogP contribution in [-0.2, 0) is 5.41 Å². The molecule has 2 nitrogen and oxygen atoms in total. The van der Waals surface area contributed by atoms with Crippen LogP contribution in [0.1, 0.15) is 51.6 Å². The van der Waals surface area contributed by atoms with Crippen LogP contribution in [-0.4, -0.2) is 9.97 Å². The summed E-state index contributed by atoms with van der Waals surface area (Å²) in [5.41, 5.74) is 1.48. The Balaban J connectivity index is 2.41. The van der Waals surface area contributed by atoms with E-state index in [0.29, 0.717) is 11.8 Å². The van der Waals surface area contributed by atoms with E-state index >= 15 is 0 Å². The van der Waals surface area contributed by atoms with E-state index in [-0.39, 0.29) is 5.41 Å². The van der Waals surface area contributed by atoms with Crippen LogP contribution in [0.3, 0.4) is 0 Å². The molecular weight excluding hydrogens is 160 g/mol. The van der Waals surface area contributed by atoms with Crippen molar-refractivity contribution < 1.29 is 0 Å². The molecule has 0 amide bonds. The summed E-state index contributed by atoms with van der Waals surface area (Å²) < 4.78 is 0. The second-order valence-corrected chi connectivity index (χ2v) is 5.11. The largest absolute Gasteiger partial charge is 0.348 e. The van der Waals surface area contributed by atoms with Crippen molar-refractivity contribution in [1.82, 2.24) is 9.97 Å². The fourth-order valence-corrected chi connectivity index (χ4v) is 2.20. The number of imidazole rings is 1. The van der Waals surface area contributed by atoms with Crippen LogP contribution in [0.2, 0.25) is 0 Å². The van der Waals surface area contributed by atoms with Crippen molar-refractivity contribution in [3.8, 4) is 0 Å². The van der Waals surface area contributed by atoms with Crippen molar-refractivity contribution in [2.75, 3.05) is 0 Å². The van der Waals surface area contributed by atoms with Crippen LogP contribution >= 0.6 is 0 Å². The van der Waals surface area contributed by atoms with Gasteiger partial charge < -0.3 is 4.98 Å². The van der Waals surface area contributed by atoms with Gasteiger partial charge in [0.2, 0.25) is 0 Å². The molecule has 1 aliphatic heterocycles. The lowest BCUT2D eigenvalue weighted by molar-refractivity contribution is 0.330. The Bertz CT molecular complexity index is 310. The molecule has 2 rings (SSSR count). The predicted molar refractivity (Wildman–Crippen MR) is 53.8 cm³/mol. The Morgan fingerprint density at radius 2 is 2.23 bits per heavy atom. The van der Waals surface area contributed by atoms with Gasteiger partial charge in [0.05, 0.1) is 5.69 Å². The minimum absolute atomic E-state index is 0.228. The maximum Gasteiger partial charge on any atom is 0.112 e. The van der Waals surface area contributed by atoms with Crippen LogP contribution in [0.25, 0.3) is 0 Å². The summed E-state index contributed by atoms with van der Waals surface area (Å²) in [6.45, 7) is 9.09. The van der Waals surface area contributed by atoms with E-state index in [1.54, 1.807) is 0 Å². The second-order valence-electron chi connectivity index (χ2n) is 5.11. The lowest BCUT2D eigenvalue weighted by Crippen LogP contribution is -2.27. The monoisotopic (exact) mass is 178 g/mol. The summed E-state index contributed by atoms with van der Waals surface area (Å²) in [6, 6.07) is 0. The van der Waals surface area contributed by atoms with Gasteiger partial charge in [0.25, 0.3) is 0 Å². The van der Waals surface area contributed by atoms with E-state index in [1.807, 2.05) is 0 Å². The van der Waals surface area contributed by atoms with Crippen molar-refractivity contribution >= 4 is 0 Å². The molecule has 0 aliphatic carbocycles. The minimum Gasteiger partial charge on any atom is -0.348 e. The third kappa shape index (κ3) is 1.28. The maximum atomic E-state index is 4.62. The van der Waals surface area contributed by atoms with Gasteiger partial charge in [-0.3, -0.25) is 0 Å². The molecule has 1 unspecified atom stereocenters. The highest BCUT2D eigenvalue weighted by molar-refractivity contribution is 5.20. The van der Waals surface area contributed by atoms with Crippen molar-refractivity contribution in [2.45, 2.75) is 45.4 Å². The van der Waals surface area contributed by atoms with Crippen LogP contribution in [0.15, 0.2) is 6.20 Å². The predicted octanol–water partition coefficient (Wildman–Crippen LogP) is 2.83. The molecule has 0 aromatic carbocycles. The summed E-state index contributed by atoms with van der Waals surface area (Å²) in [4.78, 5) is 7.90. The first-order valence-corrected chi connectivity index (χ1v) is 5.06. The number of hydrogen-bond acceptors (Lipinski definition) is 1. The fraction of sp³-hybridized carbons (Fsp3) is 0.727. The number of nitrogens with zero attached hydrogens (tertiary/aromatic N) is 1. The fourth-order valence-electron chi connectivity index (χ4n) is 2.20. The number of aromatic amines is 1. The lowest BCUT2D eigenvalue weighted by Gasteiger charge is -2.32. The normalized spacial score (nSPS) is 25.2. The molecule has 2 heteroatoms. The van der Waals surface area contributed by atoms with Gasteiger partial charge in [-0.15, -0.1) is 0 Å². The average molecular weight is 178 g/mol. The first-order chi connectivity index (χ1) is 6.00. The zero-order valence-corrected chi connectivity index (χ0v) is 8.89. The Kier molecular flexibility index (Phi) is 1.76. The zero-order chi connectivity index (χ0) is 9.64. The van der Waals surface area contributed by atoms with Crippen LogP contribution in [0.5, 0.6) is 0 Å². The number of fused-ring (bicyclic) bond motifs is 2. The first-order valence-electron chi connectivity index (χ1n) is 5.06. The molecular formula is C11H18N2. The van der Waals surface area contributed by atoms with Crippen LogP contribution < -0.4 is 0 Å². The van der Waals surface area contributed by atoms with E-state index in [0.717, 1.165) is 5.82 Å². The van der Waals surface area contributed by atoms with E-state index in [9.17, 15) is 0 Å². The Morgan fingerprint density at radius 3 is 2.85 bits per heavy atom. The molecule has 0 saturated carbocycles. The Hall–Kier alpha value is -0.790. The van der Waals surface area contributed by atoms with Crippen molar-refractivity contribution in [3.05, 3.63) is 17.7 Å². The van der Waals surface area contributed by atoms with Gasteiger partial charge >= 0.3 is 0 Å². The molecule has 1 aliphatic rings. The minimum atomic E-state index is 0.228. The molecule has 2 bridgehead atoms. The maximum absolute atomic E-state index is 4.62. The molecule has 1 aromatic rings. The van der Waals surface area contributed by atoms with E-state index in [1.165, 1.54) is 12.1 Å². The Morgan fingerprint density at radius 1 is 1.54 bits per heavy atom. The molecule has 0 radical (unpaired) electrons. The van der Waals surface area contributed by atoms with Gasteiger partial charge in [0.1, 0.15) is 5.82 Å². The molecule has 1 atom stereocenters. The number of hydrogen-bond donors (Lipinski definition) is 1. The molecule has 13 heavy (non-hydrogen) atoms. The quantitative estimate of drug-likeness (QED) is 0.703. The number of H-pyrrole nitrogens is 1. The van der Waals surface area contributed by atoms with Crippen molar-refractivity contribution in [1.29, 1.82) is 0 Å². The van der Waals surface area contributed by atoms with Crippen molar-refractivity contribution in [3.63, 3.8) is 0 Å². The highest BCUT2D eigenvalue weighted by Crippen LogP contribution is 2.41. The SMILES string of the molecule is CC(C)C1CC(C)(C)c2nc1c[nH]2. The number of aromatic nitrogens is 2. The van der Waals surface area contributed by atoms with Gasteiger partial charge in [-0.2, -0.15) is 0 Å². The van der Waals surface area contributed by atoms with Gasteiger partial charge in [0, 0.05) is 17.5 Å². The molecule has 1 aromatic heterocycles. The third-order valence-corrected chi connectivity index (χ3v) is 3.15. The molecule has 72 valence electrons. The van der Waals surface area contributed by atoms with E-state index < -0.39 is 0 Å². The Labute approximate surface area is 79.8 Å². The number of rotatable bonds is 1. The highest BCUT2D eigenvalue weighted by Gasteiger charge is 2.35. The van der Waals surface area contributed by atoms with Crippen LogP contribution in [0, 0.1) is 5.92 Å². The summed E-state index contributed by atoms with van der Waals surface area (Å²) in [6.07, 6.45) is 3.30. The smallest absolute Gasteiger partial charge is 0.112 e. The van der Waals surface area contributed by atoms with Gasteiger partial charge in [-0.05, 0) is 12.3 Å². The molecule has 0 saturated heterocycles. The summed E-state index contributed by atoms with van der Waals surface area (Å²) in [5.74, 6) is 2.48. The van der Waals surface area contributed by atoms with Gasteiger partial charge in [0.15, 0.2) is 0 Å². The molecule has 1 N–H and O–H groups in total. The number of nitrogens with one attached hydrogen (secondary N) is 1. The summed E-state index contributed by atoms with van der Waals surface area (Å²) in [7, 11) is 0. The van der Waals surface area contributed by atoms with Gasteiger partial charge in [-0.25, -0.2) is 4.98 Å². The molecule has 0 fully saturated rings. The second kappa shape index (κ2) is 2.60. The average Bonchev–Trinajstić information content (AvgIpc) is 2.43. The summed E-state index contributed by atoms with van der Waals surface area (Å²) in [5, 5.41) is 0. The van der Waals surface area contributed by atoms with Crippen molar-refractivity contribution in [2.24, 2.45) is 5.92 Å². The van der Waals surface area contributed by atoms with E-state index in [2.05, 4.69) is 43.9 Å². The third-order valence-electron chi connectivity index (χ3n) is 3.15. The zero-order valence-electron chi connectivity index (χ0n) is 8.89. The van der Waals surface area contributed by atoms with Gasteiger partial charge in [-0.1, -0.05) is 27.7 Å². The first kappa shape index (κ1) is 8.79. The summed E-state index contributed by atoms with van der Waals surface area (Å²) >= 11 is 0.